The zero-order chi connectivity index (χ0) is 30.6. The zero-order valence-corrected chi connectivity index (χ0v) is 23.9. The first kappa shape index (κ1) is 28.4. The second-order valence-electron chi connectivity index (χ2n) is 11.6. The molecule has 226 valence electrons. The van der Waals surface area contributed by atoms with E-state index in [1.807, 2.05) is 0 Å². The third kappa shape index (κ3) is 5.45. The molecule has 0 bridgehead atoms. The molecule has 3 amide bonds. The lowest BCUT2D eigenvalue weighted by Gasteiger charge is -2.29. The van der Waals surface area contributed by atoms with Crippen LogP contribution in [0.25, 0.3) is 21.9 Å². The van der Waals surface area contributed by atoms with Gasteiger partial charge in [0, 0.05) is 40.7 Å². The summed E-state index contributed by atoms with van der Waals surface area (Å²) in [5.41, 5.74) is -0.161. The van der Waals surface area contributed by atoms with Crippen LogP contribution in [0.15, 0.2) is 24.5 Å². The van der Waals surface area contributed by atoms with Crippen LogP contribution in [-0.2, 0) is 14.2 Å². The van der Waals surface area contributed by atoms with E-state index in [0.29, 0.717) is 24.2 Å². The molecular formula is C29H30FN5O8. The number of aromatic nitrogens is 2. The number of amides is 3. The summed E-state index contributed by atoms with van der Waals surface area (Å²) < 4.78 is 38.1. The molecule has 4 heterocycles. The summed E-state index contributed by atoms with van der Waals surface area (Å²) in [6.45, 7) is 7.99. The molecule has 43 heavy (non-hydrogen) atoms. The highest BCUT2D eigenvalue weighted by molar-refractivity contribution is 6.04. The number of benzene rings is 1. The second kappa shape index (κ2) is 10.5. The molecule has 2 aromatic heterocycles. The number of carboxylic acid groups (broad SMARTS) is 1. The van der Waals surface area contributed by atoms with Crippen molar-refractivity contribution in [2.45, 2.75) is 39.4 Å². The van der Waals surface area contributed by atoms with E-state index in [0.717, 1.165) is 4.90 Å². The van der Waals surface area contributed by atoms with Gasteiger partial charge >= 0.3 is 18.3 Å². The Hall–Kier alpha value is -4.72. The molecule has 3 aromatic rings. The normalized spacial score (nSPS) is 20.5. The Kier molecular flexibility index (Phi) is 6.95. The van der Waals surface area contributed by atoms with Crippen LogP contribution >= 0.6 is 0 Å². The summed E-state index contributed by atoms with van der Waals surface area (Å²) in [6, 6.07) is 3.03. The van der Waals surface area contributed by atoms with Crippen molar-refractivity contribution < 1.29 is 42.8 Å². The molecule has 1 saturated heterocycles. The summed E-state index contributed by atoms with van der Waals surface area (Å²) in [5, 5.41) is 15.5. The zero-order valence-electron chi connectivity index (χ0n) is 23.9. The van der Waals surface area contributed by atoms with Gasteiger partial charge in [-0.1, -0.05) is 0 Å². The van der Waals surface area contributed by atoms with Crippen molar-refractivity contribution >= 4 is 46.2 Å². The summed E-state index contributed by atoms with van der Waals surface area (Å²) in [4.78, 5) is 46.9. The Morgan fingerprint density at radius 1 is 1.07 bits per heavy atom. The highest BCUT2D eigenvalue weighted by Gasteiger charge is 2.57. The lowest BCUT2D eigenvalue weighted by atomic mass is 9.96. The lowest BCUT2D eigenvalue weighted by Crippen LogP contribution is -2.37. The van der Waals surface area contributed by atoms with Gasteiger partial charge in [-0.15, -0.1) is 0 Å². The van der Waals surface area contributed by atoms with Gasteiger partial charge in [-0.05, 0) is 50.8 Å². The first-order chi connectivity index (χ1) is 20.4. The van der Waals surface area contributed by atoms with E-state index in [1.54, 1.807) is 27.7 Å². The minimum atomic E-state index is -1.20. The molecule has 1 aliphatic carbocycles. The summed E-state index contributed by atoms with van der Waals surface area (Å²) in [6.07, 6.45) is -0.260. The summed E-state index contributed by atoms with van der Waals surface area (Å²) >= 11 is 0. The van der Waals surface area contributed by atoms with Crippen LogP contribution in [0, 0.1) is 24.6 Å². The maximum Gasteiger partial charge on any atom is 0.413 e. The van der Waals surface area contributed by atoms with Crippen molar-refractivity contribution in [2.75, 3.05) is 41.9 Å². The molecule has 13 nitrogen and oxygen atoms in total. The topological polar surface area (TPSA) is 161 Å². The van der Waals surface area contributed by atoms with E-state index in [1.165, 1.54) is 24.5 Å². The quantitative estimate of drug-likeness (QED) is 0.367. The first-order valence-electron chi connectivity index (χ1n) is 13.7. The molecule has 2 atom stereocenters. The number of nitrogens with one attached hydrogen (secondary N) is 2. The average Bonchev–Trinajstić information content (AvgIpc) is 3.32. The van der Waals surface area contributed by atoms with Crippen LogP contribution < -0.4 is 20.3 Å². The third-order valence-electron chi connectivity index (χ3n) is 7.55. The Labute approximate surface area is 245 Å². The number of nitrogens with zero attached hydrogens (tertiary/aromatic N) is 3. The minimum Gasteiger partial charge on any atom is -0.474 e. The Morgan fingerprint density at radius 2 is 1.81 bits per heavy atom. The Balaban J connectivity index is 1.41. The average molecular weight is 596 g/mol. The molecule has 0 radical (unpaired) electrons. The fourth-order valence-electron chi connectivity index (χ4n) is 5.48. The van der Waals surface area contributed by atoms with Gasteiger partial charge in [0.25, 0.3) is 0 Å². The fourth-order valence-corrected chi connectivity index (χ4v) is 5.48. The highest BCUT2D eigenvalue weighted by atomic mass is 19.1. The van der Waals surface area contributed by atoms with Crippen LogP contribution in [0.5, 0.6) is 5.88 Å². The summed E-state index contributed by atoms with van der Waals surface area (Å²) in [5.74, 6) is -0.141. The predicted octanol–water partition coefficient (Wildman–Crippen LogP) is 5.16. The first-order valence-corrected chi connectivity index (χ1v) is 13.7. The van der Waals surface area contributed by atoms with Crippen LogP contribution in [-0.4, -0.2) is 71.4 Å². The molecular weight excluding hydrogens is 565 g/mol. The Morgan fingerprint density at radius 3 is 2.51 bits per heavy atom. The van der Waals surface area contributed by atoms with Crippen LogP contribution in [0.2, 0.25) is 0 Å². The Bertz CT molecular complexity index is 1650. The predicted molar refractivity (Wildman–Crippen MR) is 152 cm³/mol. The van der Waals surface area contributed by atoms with Crippen molar-refractivity contribution in [2.24, 2.45) is 11.8 Å². The van der Waals surface area contributed by atoms with Crippen molar-refractivity contribution in [3.63, 3.8) is 0 Å². The molecule has 1 saturated carbocycles. The maximum atomic E-state index is 16.3. The molecule has 3 N–H and O–H groups in total. The van der Waals surface area contributed by atoms with E-state index in [-0.39, 0.29) is 70.7 Å². The molecule has 14 heteroatoms. The number of rotatable bonds is 4. The molecule has 2 unspecified atom stereocenters. The molecule has 2 fully saturated rings. The maximum absolute atomic E-state index is 16.3. The number of carbonyl (C=O) groups is 3. The van der Waals surface area contributed by atoms with E-state index in [9.17, 15) is 19.5 Å². The van der Waals surface area contributed by atoms with Gasteiger partial charge in [-0.25, -0.2) is 28.7 Å². The smallest absolute Gasteiger partial charge is 0.413 e. The van der Waals surface area contributed by atoms with Gasteiger partial charge in [-0.2, -0.15) is 0 Å². The second-order valence-corrected chi connectivity index (χ2v) is 11.6. The summed E-state index contributed by atoms with van der Waals surface area (Å²) in [7, 11) is 0. The van der Waals surface area contributed by atoms with E-state index in [4.69, 9.17) is 18.9 Å². The number of pyridine rings is 2. The van der Waals surface area contributed by atoms with Crippen molar-refractivity contribution in [1.82, 2.24) is 9.97 Å². The minimum absolute atomic E-state index is 0.0211. The van der Waals surface area contributed by atoms with E-state index in [2.05, 4.69) is 20.6 Å². The molecule has 6 rings (SSSR count). The van der Waals surface area contributed by atoms with Crippen LogP contribution in [0.1, 0.15) is 26.3 Å². The number of fused-ring (bicyclic) bond motifs is 3. The number of halogens is 1. The van der Waals surface area contributed by atoms with Gasteiger partial charge in [-0.3, -0.25) is 15.5 Å². The molecule has 0 spiro atoms. The monoisotopic (exact) mass is 595 g/mol. The van der Waals surface area contributed by atoms with Crippen molar-refractivity contribution in [1.29, 1.82) is 0 Å². The van der Waals surface area contributed by atoms with Crippen LogP contribution in [0.4, 0.5) is 36.0 Å². The van der Waals surface area contributed by atoms with Crippen molar-refractivity contribution in [3.05, 3.63) is 35.9 Å². The van der Waals surface area contributed by atoms with E-state index < -0.39 is 29.7 Å². The van der Waals surface area contributed by atoms with Gasteiger partial charge in [0.1, 0.15) is 29.8 Å². The largest absolute Gasteiger partial charge is 0.474 e. The fraction of sp³-hybridized carbons (Fsp3) is 0.414. The number of hydrogen-bond acceptors (Lipinski definition) is 9. The highest BCUT2D eigenvalue weighted by Crippen LogP contribution is 2.47. The number of carbonyl (C=O) groups excluding carboxylic acids is 2. The molecule has 2 aliphatic heterocycles. The van der Waals surface area contributed by atoms with Crippen LogP contribution in [0.3, 0.4) is 0 Å². The SMILES string of the molecule is Cc1c(-c2cc3cc(NC(=O)OC4C5COCC54)ncc3c(NC(=O)OC(C)(C)C)c2F)cnc2c1N(C(=O)O)CCO2. The lowest BCUT2D eigenvalue weighted by molar-refractivity contribution is 0.0635. The number of ether oxygens (including phenoxy) is 4. The third-order valence-corrected chi connectivity index (χ3v) is 7.55. The molecule has 3 aliphatic rings. The standard InChI is InChI=1S/C29H30FN5O8/c1-13-16(9-32-25-23(13)35(28(38)39)5-6-41-25)15-7-14-8-20(33-26(36)42-24-18-11-40-12-19(18)24)31-10-17(14)22(21(15)30)34-27(37)43-29(2,3)4/h7-10,18-19,24H,5-6,11-12H2,1-4H3,(H,34,37)(H,38,39)(H,31,33,36). The van der Waals surface area contributed by atoms with Crippen molar-refractivity contribution in [3.8, 4) is 17.0 Å². The number of anilines is 3. The van der Waals surface area contributed by atoms with Gasteiger partial charge in [0.05, 0.1) is 25.4 Å². The van der Waals surface area contributed by atoms with Gasteiger partial charge in [0.15, 0.2) is 5.82 Å². The van der Waals surface area contributed by atoms with Gasteiger partial charge in [0.2, 0.25) is 5.88 Å². The van der Waals surface area contributed by atoms with Gasteiger partial charge < -0.3 is 24.1 Å². The van der Waals surface area contributed by atoms with E-state index >= 15 is 4.39 Å². The number of hydrogen-bond donors (Lipinski definition) is 3. The molecule has 1 aromatic carbocycles.